The smallest absolute Gasteiger partial charge is 0.333 e. The van der Waals surface area contributed by atoms with Crippen LogP contribution in [0.5, 0.6) is 5.75 Å². The molecule has 156 valence electrons. The minimum atomic E-state index is -1.76. The fourth-order valence-electron chi connectivity index (χ4n) is 2.73. The van der Waals surface area contributed by atoms with E-state index in [4.69, 9.17) is 9.63 Å². The van der Waals surface area contributed by atoms with E-state index in [9.17, 15) is 24.6 Å². The summed E-state index contributed by atoms with van der Waals surface area (Å²) < 4.78 is 4.80. The van der Waals surface area contributed by atoms with E-state index in [1.807, 2.05) is 35.5 Å². The lowest BCUT2D eigenvalue weighted by Gasteiger charge is -2.23. The van der Waals surface area contributed by atoms with Gasteiger partial charge >= 0.3 is 11.9 Å². The molecular weight excluding hydrogens is 394 g/mol. The normalized spacial score (nSPS) is 11.8. The summed E-state index contributed by atoms with van der Waals surface area (Å²) >= 11 is 0. The van der Waals surface area contributed by atoms with Gasteiger partial charge in [0.2, 0.25) is 5.76 Å². The van der Waals surface area contributed by atoms with Crippen molar-refractivity contribution in [1.82, 2.24) is 15.6 Å². The molecule has 1 unspecified atom stereocenters. The Morgan fingerprint density at radius 1 is 1.13 bits per heavy atom. The second-order valence-electron chi connectivity index (χ2n) is 6.40. The molecule has 3 rings (SSSR count). The van der Waals surface area contributed by atoms with E-state index in [1.54, 1.807) is 12.1 Å². The number of carbonyl (C=O) groups excluding carboxylic acids is 1. The fraction of sp³-hybridized carbons (Fsp3) is 0.150. The zero-order valence-electron chi connectivity index (χ0n) is 15.6. The van der Waals surface area contributed by atoms with Crippen molar-refractivity contribution in [2.24, 2.45) is 0 Å². The molecule has 0 aliphatic rings. The van der Waals surface area contributed by atoms with Crippen molar-refractivity contribution in [2.75, 3.05) is 6.54 Å². The number of aromatic nitrogens is 1. The van der Waals surface area contributed by atoms with Gasteiger partial charge in [0.15, 0.2) is 6.10 Å². The van der Waals surface area contributed by atoms with Gasteiger partial charge in [-0.3, -0.25) is 14.6 Å². The summed E-state index contributed by atoms with van der Waals surface area (Å²) in [5, 5.41) is 31.7. The Hall–Kier alpha value is -3.89. The largest absolute Gasteiger partial charge is 0.507 e. The molecule has 1 amide bonds. The van der Waals surface area contributed by atoms with Gasteiger partial charge in [-0.2, -0.15) is 5.16 Å². The van der Waals surface area contributed by atoms with Crippen LogP contribution in [0.1, 0.15) is 16.1 Å². The first kappa shape index (κ1) is 20.8. The van der Waals surface area contributed by atoms with Gasteiger partial charge in [0.05, 0.1) is 19.2 Å². The Bertz CT molecular complexity index is 1090. The molecule has 1 heterocycles. The average Bonchev–Trinajstić information content (AvgIpc) is 3.17. The number of amides is 1. The number of hydrazine groups is 1. The maximum Gasteiger partial charge on any atom is 0.333 e. The highest BCUT2D eigenvalue weighted by Gasteiger charge is 2.23. The lowest BCUT2D eigenvalue weighted by molar-refractivity contribution is -0.146. The van der Waals surface area contributed by atoms with Crippen LogP contribution in [0.2, 0.25) is 0 Å². The number of benzene rings is 2. The zero-order valence-corrected chi connectivity index (χ0v) is 15.6. The van der Waals surface area contributed by atoms with Gasteiger partial charge in [0.1, 0.15) is 5.75 Å². The molecular formula is C20H19N3O7. The lowest BCUT2D eigenvalue weighted by Crippen LogP contribution is -2.47. The molecule has 1 atom stereocenters. The molecule has 5 N–H and O–H groups in total. The predicted molar refractivity (Wildman–Crippen MR) is 104 cm³/mol. The molecule has 0 radical (unpaired) electrons. The molecule has 0 aliphatic heterocycles. The summed E-state index contributed by atoms with van der Waals surface area (Å²) in [5.41, 5.74) is 3.82. The molecule has 0 aliphatic carbocycles. The number of aromatic hydroxyl groups is 1. The highest BCUT2D eigenvalue weighted by Crippen LogP contribution is 2.30. The Morgan fingerprint density at radius 2 is 1.87 bits per heavy atom. The Kier molecular flexibility index (Phi) is 6.30. The molecule has 0 fully saturated rings. The van der Waals surface area contributed by atoms with Crippen molar-refractivity contribution in [3.8, 4) is 16.9 Å². The number of nitrogens with zero attached hydrogens (tertiary/aromatic N) is 1. The SMILES string of the molecule is O=C(O)C(O)CNN(Cc1ccc(-c2ccccc2)c(O)c1)C(=O)c1cc(=O)[nH]o1. The van der Waals surface area contributed by atoms with E-state index in [2.05, 4.69) is 5.43 Å². The van der Waals surface area contributed by atoms with Crippen molar-refractivity contribution in [3.05, 3.63) is 76.3 Å². The number of rotatable bonds is 8. The molecule has 3 aromatic rings. The summed E-state index contributed by atoms with van der Waals surface area (Å²) in [4.78, 5) is 34.7. The van der Waals surface area contributed by atoms with Crippen LogP contribution in [0.15, 0.2) is 63.9 Å². The Labute approximate surface area is 169 Å². The van der Waals surface area contributed by atoms with E-state index in [0.717, 1.165) is 16.6 Å². The number of aliphatic carboxylic acids is 1. The maximum atomic E-state index is 12.6. The topological polar surface area (TPSA) is 156 Å². The summed E-state index contributed by atoms with van der Waals surface area (Å²) in [5.74, 6) is -2.54. The van der Waals surface area contributed by atoms with Crippen molar-refractivity contribution in [3.63, 3.8) is 0 Å². The Morgan fingerprint density at radius 3 is 2.47 bits per heavy atom. The number of hydrogen-bond acceptors (Lipinski definition) is 7. The van der Waals surface area contributed by atoms with Crippen LogP contribution in [-0.4, -0.2) is 50.0 Å². The molecule has 30 heavy (non-hydrogen) atoms. The first-order chi connectivity index (χ1) is 14.3. The number of aromatic amines is 1. The molecule has 2 aromatic carbocycles. The molecule has 0 spiro atoms. The number of aliphatic hydroxyl groups excluding tert-OH is 1. The third-order valence-corrected chi connectivity index (χ3v) is 4.23. The first-order valence-corrected chi connectivity index (χ1v) is 8.87. The molecule has 1 aromatic heterocycles. The average molecular weight is 413 g/mol. The third-order valence-electron chi connectivity index (χ3n) is 4.23. The van der Waals surface area contributed by atoms with Gasteiger partial charge in [-0.1, -0.05) is 42.5 Å². The summed E-state index contributed by atoms with van der Waals surface area (Å²) in [6, 6.07) is 15.0. The van der Waals surface area contributed by atoms with Crippen LogP contribution in [0, 0.1) is 0 Å². The van der Waals surface area contributed by atoms with Crippen LogP contribution >= 0.6 is 0 Å². The Balaban J connectivity index is 1.83. The lowest BCUT2D eigenvalue weighted by atomic mass is 10.0. The number of nitrogens with one attached hydrogen (secondary N) is 2. The van der Waals surface area contributed by atoms with Crippen molar-refractivity contribution in [2.45, 2.75) is 12.6 Å². The van der Waals surface area contributed by atoms with Gasteiger partial charge in [-0.05, 0) is 17.2 Å². The standard InChI is InChI=1S/C20H19N3O7/c24-15-8-12(6-7-14(15)13-4-2-1-3-5-13)11-23(21-10-16(25)20(28)29)19(27)17-9-18(26)22-30-17/h1-9,16,21,24-25H,10-11H2,(H,22,26)(H,28,29). The highest BCUT2D eigenvalue weighted by atomic mass is 16.5. The van der Waals surface area contributed by atoms with E-state index in [-0.39, 0.29) is 18.1 Å². The van der Waals surface area contributed by atoms with Gasteiger partial charge in [-0.25, -0.2) is 10.2 Å². The number of aliphatic hydroxyl groups is 1. The first-order valence-electron chi connectivity index (χ1n) is 8.87. The van der Waals surface area contributed by atoms with Crippen molar-refractivity contribution >= 4 is 11.9 Å². The minimum Gasteiger partial charge on any atom is -0.507 e. The summed E-state index contributed by atoms with van der Waals surface area (Å²) in [7, 11) is 0. The molecule has 10 heteroatoms. The van der Waals surface area contributed by atoms with Gasteiger partial charge in [0, 0.05) is 5.56 Å². The quantitative estimate of drug-likeness (QED) is 0.342. The second kappa shape index (κ2) is 9.07. The zero-order chi connectivity index (χ0) is 21.7. The van der Waals surface area contributed by atoms with Crippen molar-refractivity contribution < 1.29 is 29.4 Å². The second-order valence-corrected chi connectivity index (χ2v) is 6.40. The van der Waals surface area contributed by atoms with Crippen LogP contribution in [0.25, 0.3) is 11.1 Å². The van der Waals surface area contributed by atoms with E-state index >= 15 is 0 Å². The van der Waals surface area contributed by atoms with Crippen LogP contribution in [0.3, 0.4) is 0 Å². The highest BCUT2D eigenvalue weighted by molar-refractivity contribution is 5.91. The maximum absolute atomic E-state index is 12.6. The summed E-state index contributed by atoms with van der Waals surface area (Å²) in [6.45, 7) is -0.577. The third kappa shape index (κ3) is 4.93. The monoisotopic (exact) mass is 413 g/mol. The number of H-pyrrole nitrogens is 1. The van der Waals surface area contributed by atoms with Crippen LogP contribution < -0.4 is 11.0 Å². The van der Waals surface area contributed by atoms with Crippen molar-refractivity contribution in [1.29, 1.82) is 0 Å². The number of phenolic OH excluding ortho intramolecular Hbond substituents is 1. The number of phenols is 1. The molecule has 0 saturated heterocycles. The van der Waals surface area contributed by atoms with Gasteiger partial charge in [-0.15, -0.1) is 0 Å². The van der Waals surface area contributed by atoms with E-state index in [1.165, 1.54) is 6.07 Å². The summed E-state index contributed by atoms with van der Waals surface area (Å²) in [6.07, 6.45) is -1.76. The van der Waals surface area contributed by atoms with Gasteiger partial charge < -0.3 is 19.8 Å². The minimum absolute atomic E-state index is 0.00940. The number of carboxylic acids is 1. The fourth-order valence-corrected chi connectivity index (χ4v) is 2.73. The number of hydrogen-bond donors (Lipinski definition) is 5. The van der Waals surface area contributed by atoms with Crippen LogP contribution in [-0.2, 0) is 11.3 Å². The molecule has 0 bridgehead atoms. The van der Waals surface area contributed by atoms with E-state index in [0.29, 0.717) is 11.1 Å². The van der Waals surface area contributed by atoms with Gasteiger partial charge in [0.25, 0.3) is 5.56 Å². The van der Waals surface area contributed by atoms with Crippen LogP contribution in [0.4, 0.5) is 0 Å². The number of carbonyl (C=O) groups is 2. The number of carboxylic acid groups (broad SMARTS) is 1. The molecule has 10 nitrogen and oxygen atoms in total. The molecule has 0 saturated carbocycles. The van der Waals surface area contributed by atoms with E-state index < -0.39 is 30.1 Å². The predicted octanol–water partition coefficient (Wildman–Crippen LogP) is 0.933.